The van der Waals surface area contributed by atoms with Gasteiger partial charge in [-0.2, -0.15) is 4.98 Å². The number of ether oxygens (including phenoxy) is 1. The molecule has 2 aliphatic rings. The fraction of sp³-hybridized carbons (Fsp3) is 0.467. The lowest BCUT2D eigenvalue weighted by Gasteiger charge is -2.26. The zero-order chi connectivity index (χ0) is 14.1. The summed E-state index contributed by atoms with van der Waals surface area (Å²) >= 11 is 0. The van der Waals surface area contributed by atoms with Crippen molar-refractivity contribution >= 4 is 5.95 Å². The van der Waals surface area contributed by atoms with Crippen LogP contribution in [-0.4, -0.2) is 48.0 Å². The van der Waals surface area contributed by atoms with Crippen LogP contribution in [0.5, 0.6) is 5.75 Å². The Hall–Kier alpha value is -2.08. The SMILES string of the molecule is c1ccc2c(c1)CC(c1nc(N3CCNCC3)n[nH]1)CO2. The van der Waals surface area contributed by atoms with Gasteiger partial charge >= 0.3 is 0 Å². The van der Waals surface area contributed by atoms with Crippen LogP contribution in [0.15, 0.2) is 24.3 Å². The smallest absolute Gasteiger partial charge is 0.244 e. The van der Waals surface area contributed by atoms with Crippen LogP contribution in [0, 0.1) is 0 Å². The molecular weight excluding hydrogens is 266 g/mol. The van der Waals surface area contributed by atoms with Crippen LogP contribution in [0.1, 0.15) is 17.3 Å². The van der Waals surface area contributed by atoms with Crippen molar-refractivity contribution in [1.29, 1.82) is 0 Å². The summed E-state index contributed by atoms with van der Waals surface area (Å²) in [7, 11) is 0. The molecule has 21 heavy (non-hydrogen) atoms. The average molecular weight is 285 g/mol. The van der Waals surface area contributed by atoms with Crippen molar-refractivity contribution in [3.05, 3.63) is 35.7 Å². The molecule has 110 valence electrons. The van der Waals surface area contributed by atoms with Crippen LogP contribution < -0.4 is 15.0 Å². The summed E-state index contributed by atoms with van der Waals surface area (Å²) in [6.07, 6.45) is 0.951. The Morgan fingerprint density at radius 2 is 2.05 bits per heavy atom. The highest BCUT2D eigenvalue weighted by Crippen LogP contribution is 2.31. The summed E-state index contributed by atoms with van der Waals surface area (Å²) in [4.78, 5) is 6.90. The van der Waals surface area contributed by atoms with Crippen molar-refractivity contribution in [3.8, 4) is 5.75 Å². The molecule has 0 aliphatic carbocycles. The maximum Gasteiger partial charge on any atom is 0.244 e. The van der Waals surface area contributed by atoms with E-state index in [9.17, 15) is 0 Å². The van der Waals surface area contributed by atoms with Gasteiger partial charge in [0.1, 0.15) is 11.6 Å². The molecule has 3 heterocycles. The second kappa shape index (κ2) is 5.37. The molecule has 6 nitrogen and oxygen atoms in total. The van der Waals surface area contributed by atoms with Gasteiger partial charge in [-0.05, 0) is 18.1 Å². The highest BCUT2D eigenvalue weighted by atomic mass is 16.5. The minimum absolute atomic E-state index is 0.254. The summed E-state index contributed by atoms with van der Waals surface area (Å²) in [5.74, 6) is 2.99. The van der Waals surface area contributed by atoms with E-state index in [1.807, 2.05) is 12.1 Å². The summed E-state index contributed by atoms with van der Waals surface area (Å²) in [5, 5.41) is 10.8. The van der Waals surface area contributed by atoms with Gasteiger partial charge < -0.3 is 15.0 Å². The fourth-order valence-electron chi connectivity index (χ4n) is 2.96. The standard InChI is InChI=1S/C15H19N5O/c1-2-4-13-11(3-1)9-12(10-21-13)14-17-15(19-18-14)20-7-5-16-6-8-20/h1-4,12,16H,5-10H2,(H,17,18,19). The number of rotatable bonds is 2. The van der Waals surface area contributed by atoms with Crippen LogP contribution in [0.4, 0.5) is 5.95 Å². The molecule has 2 aromatic rings. The van der Waals surface area contributed by atoms with Crippen LogP contribution in [0.2, 0.25) is 0 Å². The Balaban J connectivity index is 1.51. The van der Waals surface area contributed by atoms with Crippen LogP contribution in [0.3, 0.4) is 0 Å². The number of para-hydroxylation sites is 1. The first-order chi connectivity index (χ1) is 10.4. The summed E-state index contributed by atoms with van der Waals surface area (Å²) < 4.78 is 5.83. The number of hydrogen-bond donors (Lipinski definition) is 2. The number of aromatic amines is 1. The first kappa shape index (κ1) is 12.6. The van der Waals surface area contributed by atoms with E-state index in [4.69, 9.17) is 4.74 Å². The van der Waals surface area contributed by atoms with E-state index in [0.29, 0.717) is 6.61 Å². The zero-order valence-electron chi connectivity index (χ0n) is 11.9. The average Bonchev–Trinajstić information content (AvgIpc) is 3.05. The van der Waals surface area contributed by atoms with E-state index in [2.05, 4.69) is 37.5 Å². The van der Waals surface area contributed by atoms with Gasteiger partial charge in [-0.3, -0.25) is 5.10 Å². The molecule has 1 fully saturated rings. The van der Waals surface area contributed by atoms with Gasteiger partial charge in [0.25, 0.3) is 0 Å². The normalized spacial score (nSPS) is 21.7. The van der Waals surface area contributed by atoms with Crippen LogP contribution in [-0.2, 0) is 6.42 Å². The first-order valence-corrected chi connectivity index (χ1v) is 7.49. The predicted octanol–water partition coefficient (Wildman–Crippen LogP) is 0.933. The lowest BCUT2D eigenvalue weighted by atomic mass is 9.96. The number of nitrogens with zero attached hydrogens (tertiary/aromatic N) is 3. The van der Waals surface area contributed by atoms with E-state index in [1.54, 1.807) is 0 Å². The van der Waals surface area contributed by atoms with Gasteiger partial charge in [-0.15, -0.1) is 5.10 Å². The lowest BCUT2D eigenvalue weighted by molar-refractivity contribution is 0.258. The molecule has 0 saturated carbocycles. The topological polar surface area (TPSA) is 66.1 Å². The fourth-order valence-corrected chi connectivity index (χ4v) is 2.96. The van der Waals surface area contributed by atoms with E-state index in [0.717, 1.165) is 50.1 Å². The number of anilines is 1. The highest BCUT2D eigenvalue weighted by molar-refractivity contribution is 5.37. The third-order valence-electron chi connectivity index (χ3n) is 4.16. The molecular formula is C15H19N5O. The molecule has 6 heteroatoms. The van der Waals surface area contributed by atoms with Gasteiger partial charge in [-0.25, -0.2) is 0 Å². The highest BCUT2D eigenvalue weighted by Gasteiger charge is 2.25. The van der Waals surface area contributed by atoms with Crippen LogP contribution >= 0.6 is 0 Å². The minimum Gasteiger partial charge on any atom is -0.493 e. The van der Waals surface area contributed by atoms with Gasteiger partial charge in [0.05, 0.1) is 12.5 Å². The molecule has 2 aliphatic heterocycles. The largest absolute Gasteiger partial charge is 0.493 e. The first-order valence-electron chi connectivity index (χ1n) is 7.49. The van der Waals surface area contributed by atoms with Crippen molar-refractivity contribution in [2.75, 3.05) is 37.7 Å². The van der Waals surface area contributed by atoms with Crippen molar-refractivity contribution < 1.29 is 4.74 Å². The molecule has 0 bridgehead atoms. The summed E-state index contributed by atoms with van der Waals surface area (Å²) in [6, 6.07) is 8.21. The molecule has 1 saturated heterocycles. The van der Waals surface area contributed by atoms with Gasteiger partial charge in [0.2, 0.25) is 5.95 Å². The molecule has 1 unspecified atom stereocenters. The number of nitrogens with one attached hydrogen (secondary N) is 2. The maximum atomic E-state index is 5.83. The number of benzene rings is 1. The van der Waals surface area contributed by atoms with E-state index >= 15 is 0 Å². The van der Waals surface area contributed by atoms with Gasteiger partial charge in [-0.1, -0.05) is 18.2 Å². The molecule has 4 rings (SSSR count). The second-order valence-electron chi connectivity index (χ2n) is 5.58. The second-order valence-corrected chi connectivity index (χ2v) is 5.58. The number of fused-ring (bicyclic) bond motifs is 1. The van der Waals surface area contributed by atoms with Gasteiger partial charge in [0, 0.05) is 26.2 Å². The summed E-state index contributed by atoms with van der Waals surface area (Å²) in [5.41, 5.74) is 1.24. The number of hydrogen-bond acceptors (Lipinski definition) is 5. The molecule has 0 amide bonds. The van der Waals surface area contributed by atoms with Crippen molar-refractivity contribution in [2.45, 2.75) is 12.3 Å². The lowest BCUT2D eigenvalue weighted by Crippen LogP contribution is -2.44. The number of aromatic nitrogens is 3. The van der Waals surface area contributed by atoms with Crippen LogP contribution in [0.25, 0.3) is 0 Å². The Kier molecular flexibility index (Phi) is 3.23. The number of H-pyrrole nitrogens is 1. The molecule has 1 aromatic carbocycles. The van der Waals surface area contributed by atoms with E-state index in [1.165, 1.54) is 5.56 Å². The molecule has 1 aromatic heterocycles. The van der Waals surface area contributed by atoms with Crippen molar-refractivity contribution in [2.24, 2.45) is 0 Å². The Morgan fingerprint density at radius 3 is 2.95 bits per heavy atom. The minimum atomic E-state index is 0.254. The molecule has 2 N–H and O–H groups in total. The van der Waals surface area contributed by atoms with E-state index < -0.39 is 0 Å². The third-order valence-corrected chi connectivity index (χ3v) is 4.16. The van der Waals surface area contributed by atoms with E-state index in [-0.39, 0.29) is 5.92 Å². The van der Waals surface area contributed by atoms with Crippen molar-refractivity contribution in [1.82, 2.24) is 20.5 Å². The molecule has 1 atom stereocenters. The molecule has 0 spiro atoms. The summed E-state index contributed by atoms with van der Waals surface area (Å²) in [6.45, 7) is 4.56. The predicted molar refractivity (Wildman–Crippen MR) is 79.8 cm³/mol. The molecule has 0 radical (unpaired) electrons. The monoisotopic (exact) mass is 285 g/mol. The Bertz CT molecular complexity index is 620. The maximum absolute atomic E-state index is 5.83. The zero-order valence-corrected chi connectivity index (χ0v) is 11.9. The quantitative estimate of drug-likeness (QED) is 0.859. The Morgan fingerprint density at radius 1 is 1.19 bits per heavy atom. The Labute approximate surface area is 123 Å². The number of piperazine rings is 1. The van der Waals surface area contributed by atoms with Crippen molar-refractivity contribution in [3.63, 3.8) is 0 Å². The third kappa shape index (κ3) is 2.47. The van der Waals surface area contributed by atoms with Gasteiger partial charge in [0.15, 0.2) is 0 Å².